The Labute approximate surface area is 145 Å². The number of hydrogen-bond acceptors (Lipinski definition) is 2. The van der Waals surface area contributed by atoms with Crippen LogP contribution in [0.25, 0.3) is 11.1 Å². The Kier molecular flexibility index (Phi) is 4.04. The first-order valence-electron chi connectivity index (χ1n) is 8.64. The normalized spacial score (nSPS) is 25.2. The van der Waals surface area contributed by atoms with Crippen LogP contribution in [0.1, 0.15) is 24.3 Å². The van der Waals surface area contributed by atoms with Gasteiger partial charge in [0.15, 0.2) is 0 Å². The first-order valence-corrected chi connectivity index (χ1v) is 8.64. The van der Waals surface area contributed by atoms with Crippen molar-refractivity contribution in [2.24, 2.45) is 11.7 Å². The summed E-state index contributed by atoms with van der Waals surface area (Å²) in [6, 6.07) is 11.1. The summed E-state index contributed by atoms with van der Waals surface area (Å²) in [6.07, 6.45) is 1.55. The summed E-state index contributed by atoms with van der Waals surface area (Å²) >= 11 is 0. The van der Waals surface area contributed by atoms with Gasteiger partial charge >= 0.3 is 0 Å². The lowest BCUT2D eigenvalue weighted by Gasteiger charge is -2.16. The molecule has 3 atom stereocenters. The van der Waals surface area contributed by atoms with E-state index < -0.39 is 11.6 Å². The predicted octanol–water partition coefficient (Wildman–Crippen LogP) is 3.29. The van der Waals surface area contributed by atoms with Gasteiger partial charge in [0.25, 0.3) is 0 Å². The van der Waals surface area contributed by atoms with E-state index in [9.17, 15) is 13.6 Å². The Morgan fingerprint density at radius 3 is 2.48 bits per heavy atom. The van der Waals surface area contributed by atoms with E-state index in [-0.39, 0.29) is 29.3 Å². The highest BCUT2D eigenvalue weighted by Gasteiger charge is 2.47. The Morgan fingerprint density at radius 2 is 1.80 bits per heavy atom. The van der Waals surface area contributed by atoms with Gasteiger partial charge in [-0.1, -0.05) is 30.3 Å². The molecular weight excluding hydrogens is 322 g/mol. The molecule has 25 heavy (non-hydrogen) atoms. The molecule has 1 aliphatic heterocycles. The highest BCUT2D eigenvalue weighted by Crippen LogP contribution is 2.51. The Bertz CT molecular complexity index is 803. The van der Waals surface area contributed by atoms with E-state index in [1.54, 1.807) is 12.1 Å². The van der Waals surface area contributed by atoms with Gasteiger partial charge in [-0.15, -0.1) is 0 Å². The molecule has 0 radical (unpaired) electrons. The molecule has 5 heteroatoms. The van der Waals surface area contributed by atoms with Crippen molar-refractivity contribution in [2.75, 3.05) is 13.1 Å². The van der Waals surface area contributed by atoms with Crippen LogP contribution < -0.4 is 5.73 Å². The number of benzene rings is 2. The molecule has 0 bridgehead atoms. The number of nitrogens with two attached hydrogens (primary N) is 1. The smallest absolute Gasteiger partial charge is 0.226 e. The molecule has 3 nitrogen and oxygen atoms in total. The minimum atomic E-state index is -0.582. The third kappa shape index (κ3) is 2.93. The van der Waals surface area contributed by atoms with Crippen molar-refractivity contribution >= 4 is 5.91 Å². The largest absolute Gasteiger partial charge is 0.341 e. The average Bonchev–Trinajstić information content (AvgIpc) is 3.28. The van der Waals surface area contributed by atoms with Crippen molar-refractivity contribution in [3.8, 4) is 11.1 Å². The molecule has 2 aromatic carbocycles. The molecule has 4 rings (SSSR count). The molecular formula is C20H20F2N2O. The number of amides is 1. The topological polar surface area (TPSA) is 46.3 Å². The molecule has 1 aliphatic carbocycles. The predicted molar refractivity (Wildman–Crippen MR) is 91.8 cm³/mol. The van der Waals surface area contributed by atoms with Crippen LogP contribution in [0.4, 0.5) is 8.78 Å². The van der Waals surface area contributed by atoms with Gasteiger partial charge in [-0.05, 0) is 42.0 Å². The van der Waals surface area contributed by atoms with Crippen LogP contribution in [0.3, 0.4) is 0 Å². The Balaban J connectivity index is 1.62. The lowest BCUT2D eigenvalue weighted by Crippen LogP contribution is -2.33. The molecule has 1 saturated heterocycles. The van der Waals surface area contributed by atoms with Crippen LogP contribution in [0.5, 0.6) is 0 Å². The van der Waals surface area contributed by atoms with Crippen molar-refractivity contribution in [3.63, 3.8) is 0 Å². The van der Waals surface area contributed by atoms with E-state index in [4.69, 9.17) is 5.73 Å². The minimum Gasteiger partial charge on any atom is -0.341 e. The van der Waals surface area contributed by atoms with Crippen LogP contribution in [-0.4, -0.2) is 29.9 Å². The molecule has 0 spiro atoms. The standard InChI is InChI=1S/C20H20F2N2O/c21-17-6-3-7-18(22)19(17)14-5-2-1-4-13(14)15-10-16(15)20(25)24-9-8-12(23)11-24/h1-7,12,15-16H,8-11,23H2. The molecule has 2 aliphatic rings. The highest BCUT2D eigenvalue weighted by atomic mass is 19.1. The summed E-state index contributed by atoms with van der Waals surface area (Å²) in [5, 5.41) is 0. The van der Waals surface area contributed by atoms with Gasteiger partial charge in [0, 0.05) is 25.0 Å². The number of halogens is 2. The number of carbonyl (C=O) groups excluding carboxylic acids is 1. The van der Waals surface area contributed by atoms with Crippen LogP contribution in [-0.2, 0) is 4.79 Å². The van der Waals surface area contributed by atoms with E-state index in [0.717, 1.165) is 18.4 Å². The minimum absolute atomic E-state index is 0.0135. The van der Waals surface area contributed by atoms with Gasteiger partial charge in [0.2, 0.25) is 5.91 Å². The Hall–Kier alpha value is -2.27. The Morgan fingerprint density at radius 1 is 1.08 bits per heavy atom. The van der Waals surface area contributed by atoms with Crippen molar-refractivity contribution in [2.45, 2.75) is 24.8 Å². The highest BCUT2D eigenvalue weighted by molar-refractivity contribution is 5.84. The third-order valence-corrected chi connectivity index (χ3v) is 5.24. The fourth-order valence-electron chi connectivity index (χ4n) is 3.84. The zero-order chi connectivity index (χ0) is 17.6. The summed E-state index contributed by atoms with van der Waals surface area (Å²) in [6.45, 7) is 1.30. The third-order valence-electron chi connectivity index (χ3n) is 5.24. The van der Waals surface area contributed by atoms with Gasteiger partial charge in [-0.3, -0.25) is 4.79 Å². The molecule has 1 heterocycles. The number of likely N-dealkylation sites (tertiary alicyclic amines) is 1. The first-order chi connectivity index (χ1) is 12.1. The molecule has 1 saturated carbocycles. The average molecular weight is 342 g/mol. The lowest BCUT2D eigenvalue weighted by molar-refractivity contribution is -0.131. The lowest BCUT2D eigenvalue weighted by atomic mass is 9.95. The molecule has 2 fully saturated rings. The van der Waals surface area contributed by atoms with Gasteiger partial charge < -0.3 is 10.6 Å². The van der Waals surface area contributed by atoms with Gasteiger partial charge in [-0.25, -0.2) is 8.78 Å². The zero-order valence-electron chi connectivity index (χ0n) is 13.8. The number of rotatable bonds is 3. The summed E-state index contributed by atoms with van der Waals surface area (Å²) in [7, 11) is 0. The monoisotopic (exact) mass is 342 g/mol. The maximum absolute atomic E-state index is 14.2. The fourth-order valence-corrected chi connectivity index (χ4v) is 3.84. The number of nitrogens with zero attached hydrogens (tertiary/aromatic N) is 1. The van der Waals surface area contributed by atoms with Crippen molar-refractivity contribution in [1.29, 1.82) is 0 Å². The van der Waals surface area contributed by atoms with Crippen LogP contribution in [0.15, 0.2) is 42.5 Å². The zero-order valence-corrected chi connectivity index (χ0v) is 13.8. The fraction of sp³-hybridized carbons (Fsp3) is 0.350. The maximum atomic E-state index is 14.2. The first kappa shape index (κ1) is 16.2. The van der Waals surface area contributed by atoms with Crippen LogP contribution in [0, 0.1) is 17.6 Å². The molecule has 2 N–H and O–H groups in total. The van der Waals surface area contributed by atoms with E-state index in [1.807, 2.05) is 17.0 Å². The van der Waals surface area contributed by atoms with E-state index in [1.165, 1.54) is 18.2 Å². The molecule has 1 amide bonds. The quantitative estimate of drug-likeness (QED) is 0.930. The molecule has 2 aromatic rings. The summed E-state index contributed by atoms with van der Waals surface area (Å²) in [4.78, 5) is 14.5. The SMILES string of the molecule is NC1CCN(C(=O)C2CC2c2ccccc2-c2c(F)cccc2F)C1. The van der Waals surface area contributed by atoms with Crippen molar-refractivity contribution < 1.29 is 13.6 Å². The summed E-state index contributed by atoms with van der Waals surface area (Å²) < 4.78 is 28.4. The van der Waals surface area contributed by atoms with E-state index in [2.05, 4.69) is 0 Å². The summed E-state index contributed by atoms with van der Waals surface area (Å²) in [5.74, 6) is -1.15. The molecule has 0 aromatic heterocycles. The van der Waals surface area contributed by atoms with Crippen molar-refractivity contribution in [3.05, 3.63) is 59.7 Å². The maximum Gasteiger partial charge on any atom is 0.226 e. The van der Waals surface area contributed by atoms with Gasteiger partial charge in [-0.2, -0.15) is 0 Å². The van der Waals surface area contributed by atoms with E-state index >= 15 is 0 Å². The molecule has 130 valence electrons. The van der Waals surface area contributed by atoms with Gasteiger partial charge in [0.05, 0.1) is 5.56 Å². The second kappa shape index (κ2) is 6.23. The second-order valence-corrected chi connectivity index (χ2v) is 6.97. The van der Waals surface area contributed by atoms with Gasteiger partial charge in [0.1, 0.15) is 11.6 Å². The van der Waals surface area contributed by atoms with Crippen molar-refractivity contribution in [1.82, 2.24) is 4.90 Å². The summed E-state index contributed by atoms with van der Waals surface area (Å²) in [5.41, 5.74) is 7.25. The number of carbonyl (C=O) groups is 1. The van der Waals surface area contributed by atoms with Crippen LogP contribution >= 0.6 is 0 Å². The van der Waals surface area contributed by atoms with Crippen LogP contribution in [0.2, 0.25) is 0 Å². The van der Waals surface area contributed by atoms with E-state index in [0.29, 0.717) is 18.7 Å². The number of hydrogen-bond donors (Lipinski definition) is 1. The molecule has 3 unspecified atom stereocenters. The second-order valence-electron chi connectivity index (χ2n) is 6.97.